The number of hydrogen-bond acceptors (Lipinski definition) is 7. The highest BCUT2D eigenvalue weighted by Gasteiger charge is 2.36. The summed E-state index contributed by atoms with van der Waals surface area (Å²) in [5, 5.41) is 24.1. The lowest BCUT2D eigenvalue weighted by Gasteiger charge is -2.20. The third-order valence-electron chi connectivity index (χ3n) is 4.57. The van der Waals surface area contributed by atoms with E-state index < -0.39 is 18.5 Å². The number of amidine groups is 2. The summed E-state index contributed by atoms with van der Waals surface area (Å²) in [5.74, 6) is -1.18. The topological polar surface area (TPSA) is 125 Å². The molecular weight excluding hydrogens is 432 g/mol. The number of hydrogen-bond donors (Lipinski definition) is 2. The van der Waals surface area contributed by atoms with Gasteiger partial charge in [-0.2, -0.15) is 15.1 Å². The maximum absolute atomic E-state index is 12.6. The zero-order valence-corrected chi connectivity index (χ0v) is 18.0. The van der Waals surface area contributed by atoms with E-state index in [1.165, 1.54) is 30.0 Å². The van der Waals surface area contributed by atoms with Crippen LogP contribution >= 0.6 is 11.8 Å². The number of thioether (sulfide) groups is 1. The smallest absolute Gasteiger partial charge is 0.341 e. The SMILES string of the molecule is COc1cc(/C=C2\C(=N)N3N=C(c4cccc(C)c4)SC3=NC2=O)ccc1OCC(=O)O. The molecule has 10 heteroatoms. The predicted molar refractivity (Wildman–Crippen MR) is 121 cm³/mol. The van der Waals surface area contributed by atoms with E-state index in [1.807, 2.05) is 31.2 Å². The second kappa shape index (κ2) is 8.67. The van der Waals surface area contributed by atoms with Gasteiger partial charge in [-0.15, -0.1) is 0 Å². The first-order valence-corrected chi connectivity index (χ1v) is 10.3. The number of carbonyl (C=O) groups is 2. The first kappa shape index (κ1) is 21.3. The van der Waals surface area contributed by atoms with Crippen molar-refractivity contribution < 1.29 is 24.2 Å². The second-order valence-electron chi connectivity index (χ2n) is 6.89. The van der Waals surface area contributed by atoms with Crippen LogP contribution in [0.25, 0.3) is 6.08 Å². The molecule has 0 bridgehead atoms. The second-order valence-corrected chi connectivity index (χ2v) is 7.84. The Kier molecular flexibility index (Phi) is 5.78. The van der Waals surface area contributed by atoms with Crippen LogP contribution < -0.4 is 9.47 Å². The molecule has 2 aliphatic heterocycles. The van der Waals surface area contributed by atoms with Crippen LogP contribution in [0.4, 0.5) is 0 Å². The molecule has 0 spiro atoms. The van der Waals surface area contributed by atoms with Crippen LogP contribution in [0.3, 0.4) is 0 Å². The number of nitrogens with zero attached hydrogens (tertiary/aromatic N) is 3. The Morgan fingerprint density at radius 1 is 1.25 bits per heavy atom. The number of aryl methyl sites for hydroxylation is 1. The van der Waals surface area contributed by atoms with E-state index in [9.17, 15) is 9.59 Å². The number of ether oxygens (including phenoxy) is 2. The molecule has 0 fully saturated rings. The summed E-state index contributed by atoms with van der Waals surface area (Å²) in [5.41, 5.74) is 2.60. The van der Waals surface area contributed by atoms with Gasteiger partial charge in [-0.3, -0.25) is 10.2 Å². The van der Waals surface area contributed by atoms with Gasteiger partial charge in [-0.25, -0.2) is 4.79 Å². The highest BCUT2D eigenvalue weighted by Crippen LogP contribution is 2.33. The van der Waals surface area contributed by atoms with Crippen molar-refractivity contribution in [1.82, 2.24) is 5.01 Å². The number of aliphatic imine (C=N–C) groups is 1. The quantitative estimate of drug-likeness (QED) is 0.648. The van der Waals surface area contributed by atoms with Crippen molar-refractivity contribution in [2.24, 2.45) is 10.1 Å². The summed E-state index contributed by atoms with van der Waals surface area (Å²) in [4.78, 5) is 27.5. The Morgan fingerprint density at radius 3 is 2.78 bits per heavy atom. The van der Waals surface area contributed by atoms with Crippen molar-refractivity contribution in [3.05, 3.63) is 64.7 Å². The van der Waals surface area contributed by atoms with Crippen LogP contribution in [0.5, 0.6) is 11.5 Å². The number of nitrogens with one attached hydrogen (secondary N) is 1. The minimum absolute atomic E-state index is 0.0739. The zero-order chi connectivity index (χ0) is 22.8. The summed E-state index contributed by atoms with van der Waals surface area (Å²) < 4.78 is 10.4. The van der Waals surface area contributed by atoms with Crippen molar-refractivity contribution >= 4 is 45.8 Å². The molecule has 1 amide bonds. The first-order chi connectivity index (χ1) is 15.4. The van der Waals surface area contributed by atoms with Crippen LogP contribution in [0.1, 0.15) is 16.7 Å². The largest absolute Gasteiger partial charge is 0.493 e. The number of hydrazone groups is 1. The zero-order valence-electron chi connectivity index (χ0n) is 17.2. The molecule has 0 aliphatic carbocycles. The summed E-state index contributed by atoms with van der Waals surface area (Å²) in [6.45, 7) is 1.47. The van der Waals surface area contributed by atoms with Gasteiger partial charge >= 0.3 is 5.97 Å². The standard InChI is InChI=1S/C22H18N4O5S/c1-12-4-3-5-14(8-12)21-25-26-19(23)15(20(29)24-22(26)32-21)9-13-6-7-16(17(10-13)30-2)31-11-18(27)28/h3-10,23H,11H2,1-2H3,(H,27,28)/b15-9+,23-19?. The Hall–Kier alpha value is -3.92. The molecule has 9 nitrogen and oxygen atoms in total. The first-order valence-electron chi connectivity index (χ1n) is 9.45. The van der Waals surface area contributed by atoms with E-state index in [0.717, 1.165) is 11.1 Å². The predicted octanol–water partition coefficient (Wildman–Crippen LogP) is 3.13. The van der Waals surface area contributed by atoms with Crippen molar-refractivity contribution in [3.8, 4) is 11.5 Å². The van der Waals surface area contributed by atoms with Crippen molar-refractivity contribution in [2.75, 3.05) is 13.7 Å². The Labute approximate surface area is 187 Å². The van der Waals surface area contributed by atoms with Crippen LogP contribution in [-0.4, -0.2) is 51.8 Å². The van der Waals surface area contributed by atoms with Gasteiger partial charge in [-0.05, 0) is 48.5 Å². The van der Waals surface area contributed by atoms with E-state index in [2.05, 4.69) is 10.1 Å². The molecule has 2 heterocycles. The number of methoxy groups -OCH3 is 1. The molecule has 0 saturated heterocycles. The normalized spacial score (nSPS) is 16.6. The van der Waals surface area contributed by atoms with Gasteiger partial charge in [-0.1, -0.05) is 29.8 Å². The van der Waals surface area contributed by atoms with Crippen LogP contribution in [-0.2, 0) is 9.59 Å². The molecular formula is C22H18N4O5S. The maximum Gasteiger partial charge on any atom is 0.341 e. The molecule has 0 aromatic heterocycles. The van der Waals surface area contributed by atoms with Gasteiger partial charge in [0, 0.05) is 5.56 Å². The van der Waals surface area contributed by atoms with Crippen molar-refractivity contribution in [1.29, 1.82) is 5.41 Å². The fraction of sp³-hybridized carbons (Fsp3) is 0.136. The molecule has 2 N–H and O–H groups in total. The van der Waals surface area contributed by atoms with E-state index >= 15 is 0 Å². The van der Waals surface area contributed by atoms with Crippen LogP contribution in [0.15, 0.2) is 58.1 Å². The highest BCUT2D eigenvalue weighted by atomic mass is 32.2. The number of fused-ring (bicyclic) bond motifs is 1. The number of carboxylic acid groups (broad SMARTS) is 1. The Morgan fingerprint density at radius 2 is 2.06 bits per heavy atom. The third kappa shape index (κ3) is 4.26. The minimum atomic E-state index is -1.11. The van der Waals surface area contributed by atoms with Gasteiger partial charge in [0.2, 0.25) is 5.17 Å². The number of rotatable bonds is 6. The molecule has 2 aliphatic rings. The Bertz CT molecular complexity index is 1230. The molecule has 0 saturated carbocycles. The van der Waals surface area contributed by atoms with Crippen LogP contribution in [0.2, 0.25) is 0 Å². The van der Waals surface area contributed by atoms with E-state index in [-0.39, 0.29) is 17.2 Å². The van der Waals surface area contributed by atoms with Gasteiger partial charge in [0.15, 0.2) is 23.9 Å². The summed E-state index contributed by atoms with van der Waals surface area (Å²) in [7, 11) is 1.42. The molecule has 32 heavy (non-hydrogen) atoms. The van der Waals surface area contributed by atoms with Gasteiger partial charge in [0.25, 0.3) is 5.91 Å². The van der Waals surface area contributed by atoms with Gasteiger partial charge < -0.3 is 14.6 Å². The lowest BCUT2D eigenvalue weighted by Crippen LogP contribution is -2.35. The summed E-state index contributed by atoms with van der Waals surface area (Å²) in [6.07, 6.45) is 1.51. The van der Waals surface area contributed by atoms with Crippen molar-refractivity contribution in [2.45, 2.75) is 6.92 Å². The molecule has 0 unspecified atom stereocenters. The number of aliphatic carboxylic acids is 1. The molecule has 4 rings (SSSR count). The Balaban J connectivity index is 1.62. The van der Waals surface area contributed by atoms with E-state index in [0.29, 0.717) is 21.5 Å². The summed E-state index contributed by atoms with van der Waals surface area (Å²) in [6, 6.07) is 12.6. The summed E-state index contributed by atoms with van der Waals surface area (Å²) >= 11 is 1.24. The van der Waals surface area contributed by atoms with Crippen molar-refractivity contribution in [3.63, 3.8) is 0 Å². The van der Waals surface area contributed by atoms with Gasteiger partial charge in [0.1, 0.15) is 5.04 Å². The molecule has 0 radical (unpaired) electrons. The van der Waals surface area contributed by atoms with E-state index in [4.69, 9.17) is 20.0 Å². The maximum atomic E-state index is 12.6. The number of amides is 1. The molecule has 162 valence electrons. The average Bonchev–Trinajstić information content (AvgIpc) is 3.19. The average molecular weight is 450 g/mol. The molecule has 0 atom stereocenters. The monoisotopic (exact) mass is 450 g/mol. The molecule has 2 aromatic carbocycles. The molecule has 2 aromatic rings. The van der Waals surface area contributed by atoms with Gasteiger partial charge in [0.05, 0.1) is 12.7 Å². The lowest BCUT2D eigenvalue weighted by molar-refractivity contribution is -0.139. The number of carboxylic acids is 1. The fourth-order valence-corrected chi connectivity index (χ4v) is 3.97. The van der Waals surface area contributed by atoms with E-state index in [1.54, 1.807) is 18.2 Å². The van der Waals surface area contributed by atoms with Crippen LogP contribution in [0, 0.1) is 12.3 Å². The number of carbonyl (C=O) groups excluding carboxylic acids is 1. The minimum Gasteiger partial charge on any atom is -0.493 e. The third-order valence-corrected chi connectivity index (χ3v) is 5.53. The lowest BCUT2D eigenvalue weighted by atomic mass is 10.1. The fourth-order valence-electron chi connectivity index (χ4n) is 3.09. The number of benzene rings is 2. The highest BCUT2D eigenvalue weighted by molar-refractivity contribution is 8.27.